The number of nitrogen functional groups attached to an aromatic ring is 1. The SMILES string of the molecule is Cc1ccnn1CCn1ccc(N)n1. The standard InChI is InChI=1S/C9H13N5/c1-8-2-4-11-14(8)7-6-13-5-3-9(10)12-13/h2-5H,6-7H2,1H3,(H2,10,12). The molecule has 14 heavy (non-hydrogen) atoms. The van der Waals surface area contributed by atoms with Crippen LogP contribution in [0.3, 0.4) is 0 Å². The Hall–Kier alpha value is -1.78. The molecule has 0 aliphatic rings. The van der Waals surface area contributed by atoms with E-state index < -0.39 is 0 Å². The summed E-state index contributed by atoms with van der Waals surface area (Å²) in [4.78, 5) is 0. The number of rotatable bonds is 3. The molecule has 0 amide bonds. The summed E-state index contributed by atoms with van der Waals surface area (Å²) in [6.45, 7) is 3.64. The van der Waals surface area contributed by atoms with Crippen molar-refractivity contribution in [1.82, 2.24) is 19.6 Å². The zero-order chi connectivity index (χ0) is 9.97. The summed E-state index contributed by atoms with van der Waals surface area (Å²) in [7, 11) is 0. The van der Waals surface area contributed by atoms with Crippen LogP contribution in [0.2, 0.25) is 0 Å². The zero-order valence-electron chi connectivity index (χ0n) is 8.09. The van der Waals surface area contributed by atoms with Gasteiger partial charge in [-0.2, -0.15) is 10.2 Å². The van der Waals surface area contributed by atoms with Gasteiger partial charge in [0.25, 0.3) is 0 Å². The molecule has 2 aromatic rings. The van der Waals surface area contributed by atoms with Crippen LogP contribution in [0.15, 0.2) is 24.5 Å². The lowest BCUT2D eigenvalue weighted by molar-refractivity contribution is 0.493. The van der Waals surface area contributed by atoms with Gasteiger partial charge in [0, 0.05) is 18.1 Å². The fourth-order valence-electron chi connectivity index (χ4n) is 1.33. The first kappa shape index (κ1) is 8.80. The molecule has 5 heteroatoms. The van der Waals surface area contributed by atoms with Gasteiger partial charge < -0.3 is 5.73 Å². The lowest BCUT2D eigenvalue weighted by atomic mass is 10.5. The number of anilines is 1. The van der Waals surface area contributed by atoms with Crippen LogP contribution in [0.1, 0.15) is 5.69 Å². The molecule has 0 atom stereocenters. The molecule has 0 aliphatic heterocycles. The van der Waals surface area contributed by atoms with E-state index >= 15 is 0 Å². The second-order valence-corrected chi connectivity index (χ2v) is 3.20. The molecule has 0 aromatic carbocycles. The highest BCUT2D eigenvalue weighted by atomic mass is 15.3. The van der Waals surface area contributed by atoms with Crippen LogP contribution < -0.4 is 5.73 Å². The predicted molar refractivity (Wildman–Crippen MR) is 53.6 cm³/mol. The first-order valence-corrected chi connectivity index (χ1v) is 4.53. The van der Waals surface area contributed by atoms with Crippen molar-refractivity contribution in [3.05, 3.63) is 30.2 Å². The third-order valence-electron chi connectivity index (χ3n) is 2.13. The zero-order valence-corrected chi connectivity index (χ0v) is 8.09. The first-order chi connectivity index (χ1) is 6.75. The molecule has 2 heterocycles. The number of aryl methyl sites for hydroxylation is 3. The number of nitrogens with two attached hydrogens (primary N) is 1. The normalized spacial score (nSPS) is 10.6. The van der Waals surface area contributed by atoms with Crippen molar-refractivity contribution in [3.63, 3.8) is 0 Å². The Bertz CT molecular complexity index is 414. The molecule has 0 fully saturated rings. The van der Waals surface area contributed by atoms with E-state index in [1.807, 2.05) is 28.6 Å². The van der Waals surface area contributed by atoms with E-state index in [2.05, 4.69) is 10.2 Å². The molecule has 0 spiro atoms. The Balaban J connectivity index is 1.98. The lowest BCUT2D eigenvalue weighted by Crippen LogP contribution is -2.10. The summed E-state index contributed by atoms with van der Waals surface area (Å²) >= 11 is 0. The maximum Gasteiger partial charge on any atom is 0.145 e. The number of hydrogen-bond donors (Lipinski definition) is 1. The van der Waals surface area contributed by atoms with Crippen LogP contribution in [-0.2, 0) is 13.1 Å². The van der Waals surface area contributed by atoms with Crippen molar-refractivity contribution in [2.45, 2.75) is 20.0 Å². The highest BCUT2D eigenvalue weighted by molar-refractivity contribution is 5.23. The third kappa shape index (κ3) is 1.76. The largest absolute Gasteiger partial charge is 0.382 e. The highest BCUT2D eigenvalue weighted by Gasteiger charge is 1.98. The van der Waals surface area contributed by atoms with Gasteiger partial charge in [-0.05, 0) is 19.1 Å². The Morgan fingerprint density at radius 3 is 2.79 bits per heavy atom. The van der Waals surface area contributed by atoms with E-state index in [-0.39, 0.29) is 0 Å². The summed E-state index contributed by atoms with van der Waals surface area (Å²) < 4.78 is 3.76. The number of aromatic nitrogens is 4. The summed E-state index contributed by atoms with van der Waals surface area (Å²) in [5.41, 5.74) is 6.66. The van der Waals surface area contributed by atoms with Gasteiger partial charge in [0.05, 0.1) is 13.1 Å². The Labute approximate surface area is 82.1 Å². The molecule has 0 unspecified atom stereocenters. The van der Waals surface area contributed by atoms with Gasteiger partial charge in [0.2, 0.25) is 0 Å². The summed E-state index contributed by atoms with van der Waals surface area (Å²) in [6, 6.07) is 3.77. The van der Waals surface area contributed by atoms with Crippen molar-refractivity contribution >= 4 is 5.82 Å². The summed E-state index contributed by atoms with van der Waals surface area (Å²) in [6.07, 6.45) is 3.67. The second-order valence-electron chi connectivity index (χ2n) is 3.20. The van der Waals surface area contributed by atoms with E-state index in [9.17, 15) is 0 Å². The molecular formula is C9H13N5. The average molecular weight is 191 g/mol. The fraction of sp³-hybridized carbons (Fsp3) is 0.333. The maximum atomic E-state index is 5.50. The van der Waals surface area contributed by atoms with Crippen molar-refractivity contribution in [3.8, 4) is 0 Å². The monoisotopic (exact) mass is 191 g/mol. The van der Waals surface area contributed by atoms with Gasteiger partial charge in [-0.25, -0.2) is 0 Å². The minimum atomic E-state index is 0.558. The van der Waals surface area contributed by atoms with Gasteiger partial charge in [-0.15, -0.1) is 0 Å². The molecule has 5 nitrogen and oxygen atoms in total. The number of hydrogen-bond acceptors (Lipinski definition) is 3. The fourth-order valence-corrected chi connectivity index (χ4v) is 1.33. The van der Waals surface area contributed by atoms with Crippen LogP contribution >= 0.6 is 0 Å². The van der Waals surface area contributed by atoms with Crippen molar-refractivity contribution in [1.29, 1.82) is 0 Å². The van der Waals surface area contributed by atoms with Crippen molar-refractivity contribution < 1.29 is 0 Å². The van der Waals surface area contributed by atoms with Crippen LogP contribution in [0.5, 0.6) is 0 Å². The molecule has 0 saturated carbocycles. The molecule has 2 aromatic heterocycles. The topological polar surface area (TPSA) is 61.7 Å². The summed E-state index contributed by atoms with van der Waals surface area (Å²) in [5, 5.41) is 8.28. The van der Waals surface area contributed by atoms with Gasteiger partial charge >= 0.3 is 0 Å². The van der Waals surface area contributed by atoms with Crippen LogP contribution in [0, 0.1) is 6.92 Å². The predicted octanol–water partition coefficient (Wildman–Crippen LogP) is 0.670. The Kier molecular flexibility index (Phi) is 2.22. The van der Waals surface area contributed by atoms with Crippen LogP contribution in [0.4, 0.5) is 5.82 Å². The van der Waals surface area contributed by atoms with E-state index in [1.165, 1.54) is 0 Å². The smallest absolute Gasteiger partial charge is 0.145 e. The highest BCUT2D eigenvalue weighted by Crippen LogP contribution is 1.99. The van der Waals surface area contributed by atoms with Crippen LogP contribution in [0.25, 0.3) is 0 Å². The molecular weight excluding hydrogens is 178 g/mol. The van der Waals surface area contributed by atoms with E-state index in [1.54, 1.807) is 12.3 Å². The minimum absolute atomic E-state index is 0.558. The van der Waals surface area contributed by atoms with Gasteiger partial charge in [0.15, 0.2) is 0 Å². The quantitative estimate of drug-likeness (QED) is 0.775. The maximum absolute atomic E-state index is 5.50. The molecule has 0 radical (unpaired) electrons. The van der Waals surface area contributed by atoms with E-state index in [4.69, 9.17) is 5.73 Å². The van der Waals surface area contributed by atoms with Gasteiger partial charge in [-0.3, -0.25) is 9.36 Å². The Morgan fingerprint density at radius 1 is 1.36 bits per heavy atom. The first-order valence-electron chi connectivity index (χ1n) is 4.53. The van der Waals surface area contributed by atoms with Crippen molar-refractivity contribution in [2.75, 3.05) is 5.73 Å². The molecule has 74 valence electrons. The Morgan fingerprint density at radius 2 is 2.21 bits per heavy atom. The second kappa shape index (κ2) is 3.53. The number of nitrogens with zero attached hydrogens (tertiary/aromatic N) is 4. The van der Waals surface area contributed by atoms with E-state index in [0.717, 1.165) is 18.8 Å². The molecule has 0 aliphatic carbocycles. The molecule has 2 N–H and O–H groups in total. The van der Waals surface area contributed by atoms with Gasteiger partial charge in [-0.1, -0.05) is 0 Å². The minimum Gasteiger partial charge on any atom is -0.382 e. The summed E-state index contributed by atoms with van der Waals surface area (Å²) in [5.74, 6) is 0.558. The molecule has 0 bridgehead atoms. The van der Waals surface area contributed by atoms with Crippen LogP contribution in [-0.4, -0.2) is 19.6 Å². The van der Waals surface area contributed by atoms with E-state index in [0.29, 0.717) is 5.82 Å². The molecule has 2 rings (SSSR count). The average Bonchev–Trinajstić information content (AvgIpc) is 2.72. The van der Waals surface area contributed by atoms with Gasteiger partial charge in [0.1, 0.15) is 5.82 Å². The molecule has 0 saturated heterocycles. The lowest BCUT2D eigenvalue weighted by Gasteiger charge is -2.03. The third-order valence-corrected chi connectivity index (χ3v) is 2.13. The van der Waals surface area contributed by atoms with Crippen molar-refractivity contribution in [2.24, 2.45) is 0 Å².